The molecule has 0 aromatic heterocycles. The van der Waals surface area contributed by atoms with Crippen molar-refractivity contribution in [1.29, 1.82) is 0 Å². The molecule has 9 heteroatoms. The van der Waals surface area contributed by atoms with Gasteiger partial charge in [0.25, 0.3) is 0 Å². The Balaban J connectivity index is 2.45. The molecule has 194 valence electrons. The maximum absolute atomic E-state index is 13.9. The Morgan fingerprint density at radius 3 is 2.20 bits per heavy atom. The van der Waals surface area contributed by atoms with Crippen LogP contribution in [-0.4, -0.2) is 60.1 Å². The zero-order chi connectivity index (χ0) is 26.5. The highest BCUT2D eigenvalue weighted by Gasteiger charge is 2.44. The lowest BCUT2D eigenvalue weighted by Gasteiger charge is -2.36. The molecule has 1 fully saturated rings. The number of hydrogen-bond acceptors (Lipinski definition) is 6. The molecule has 0 aliphatic heterocycles. The van der Waals surface area contributed by atoms with Crippen LogP contribution in [0.25, 0.3) is 0 Å². The smallest absolute Gasteiger partial charge is 0.408 e. The molecule has 1 saturated carbocycles. The molecular weight excluding hydrogens is 450 g/mol. The Morgan fingerprint density at radius 2 is 1.71 bits per heavy atom. The van der Waals surface area contributed by atoms with Gasteiger partial charge in [-0.3, -0.25) is 14.4 Å². The van der Waals surface area contributed by atoms with Crippen molar-refractivity contribution in [1.82, 2.24) is 15.5 Å². The second-order valence-electron chi connectivity index (χ2n) is 10.4. The maximum Gasteiger partial charge on any atom is 0.408 e. The van der Waals surface area contributed by atoms with Gasteiger partial charge in [-0.05, 0) is 70.1 Å². The molecule has 2 N–H and O–H groups in total. The topological polar surface area (TPSA) is 114 Å². The van der Waals surface area contributed by atoms with Gasteiger partial charge in [-0.2, -0.15) is 0 Å². The lowest BCUT2D eigenvalue weighted by atomic mass is 9.96. The van der Waals surface area contributed by atoms with Crippen molar-refractivity contribution in [2.75, 3.05) is 13.7 Å². The molecule has 0 bridgehead atoms. The number of hydrogen-bond donors (Lipinski definition) is 2. The average molecular weight is 490 g/mol. The van der Waals surface area contributed by atoms with Crippen molar-refractivity contribution in [2.45, 2.75) is 85.0 Å². The third kappa shape index (κ3) is 7.97. The lowest BCUT2D eigenvalue weighted by molar-refractivity contribution is -0.145. The third-order valence-electron chi connectivity index (χ3n) is 5.81. The largest absolute Gasteiger partial charge is 0.468 e. The SMILES string of the molecule is COC(=O)CNC(=O)C(c1ccc(C)c(C)c1)N(C(=O)C(NC(=O)OC(C)(C)C)C(C)C)C1CC1. The highest BCUT2D eigenvalue weighted by Crippen LogP contribution is 2.36. The summed E-state index contributed by atoms with van der Waals surface area (Å²) < 4.78 is 10.0. The number of benzene rings is 1. The van der Waals surface area contributed by atoms with E-state index in [-0.39, 0.29) is 24.4 Å². The molecular formula is C26H39N3O6. The average Bonchev–Trinajstić information content (AvgIpc) is 3.59. The summed E-state index contributed by atoms with van der Waals surface area (Å²) in [4.78, 5) is 53.1. The number of rotatable bonds is 9. The molecule has 1 aliphatic carbocycles. The first-order valence-electron chi connectivity index (χ1n) is 12.0. The molecule has 2 unspecified atom stereocenters. The zero-order valence-electron chi connectivity index (χ0n) is 22.1. The number of nitrogens with zero attached hydrogens (tertiary/aromatic N) is 1. The molecule has 2 rings (SSSR count). The Labute approximate surface area is 207 Å². The van der Waals surface area contributed by atoms with E-state index in [4.69, 9.17) is 4.74 Å². The van der Waals surface area contributed by atoms with Crippen molar-refractivity contribution in [3.63, 3.8) is 0 Å². The van der Waals surface area contributed by atoms with Gasteiger partial charge in [0.05, 0.1) is 7.11 Å². The van der Waals surface area contributed by atoms with Gasteiger partial charge in [-0.25, -0.2) is 4.79 Å². The van der Waals surface area contributed by atoms with Gasteiger partial charge in [-0.1, -0.05) is 32.0 Å². The van der Waals surface area contributed by atoms with Gasteiger partial charge < -0.3 is 25.0 Å². The van der Waals surface area contributed by atoms with E-state index in [1.807, 2.05) is 45.9 Å². The molecule has 0 radical (unpaired) electrons. The summed E-state index contributed by atoms with van der Waals surface area (Å²) in [7, 11) is 1.24. The Hall–Kier alpha value is -3.10. The molecule has 1 aliphatic rings. The number of carbonyl (C=O) groups excluding carboxylic acids is 4. The van der Waals surface area contributed by atoms with Crippen LogP contribution in [0, 0.1) is 19.8 Å². The van der Waals surface area contributed by atoms with Gasteiger partial charge in [-0.15, -0.1) is 0 Å². The van der Waals surface area contributed by atoms with E-state index in [2.05, 4.69) is 15.4 Å². The van der Waals surface area contributed by atoms with Crippen molar-refractivity contribution < 1.29 is 28.7 Å². The number of nitrogens with one attached hydrogen (secondary N) is 2. The van der Waals surface area contributed by atoms with E-state index in [0.29, 0.717) is 5.56 Å². The minimum atomic E-state index is -0.972. The third-order valence-corrected chi connectivity index (χ3v) is 5.81. The second-order valence-corrected chi connectivity index (χ2v) is 10.4. The minimum Gasteiger partial charge on any atom is -0.468 e. The Morgan fingerprint density at radius 1 is 1.09 bits per heavy atom. The molecule has 3 amide bonds. The van der Waals surface area contributed by atoms with E-state index in [1.165, 1.54) is 7.11 Å². The molecule has 1 aromatic carbocycles. The molecule has 0 spiro atoms. The summed E-state index contributed by atoms with van der Waals surface area (Å²) in [6.45, 7) is 12.5. The molecule has 1 aromatic rings. The van der Waals surface area contributed by atoms with E-state index >= 15 is 0 Å². The first-order chi connectivity index (χ1) is 16.2. The summed E-state index contributed by atoms with van der Waals surface area (Å²) in [5.74, 6) is -1.70. The van der Waals surface area contributed by atoms with Crippen molar-refractivity contribution in [2.24, 2.45) is 5.92 Å². The molecule has 0 heterocycles. The highest BCUT2D eigenvalue weighted by atomic mass is 16.6. The number of ether oxygens (including phenoxy) is 2. The Bertz CT molecular complexity index is 949. The number of amides is 3. The molecule has 9 nitrogen and oxygen atoms in total. The summed E-state index contributed by atoms with van der Waals surface area (Å²) in [5.41, 5.74) is 1.94. The van der Waals surface area contributed by atoms with Crippen LogP contribution in [0.15, 0.2) is 18.2 Å². The highest BCUT2D eigenvalue weighted by molar-refractivity contribution is 5.93. The normalized spacial score (nSPS) is 15.1. The van der Waals surface area contributed by atoms with E-state index in [0.717, 1.165) is 24.0 Å². The number of esters is 1. The van der Waals surface area contributed by atoms with Crippen molar-refractivity contribution >= 4 is 23.9 Å². The van der Waals surface area contributed by atoms with E-state index in [9.17, 15) is 19.2 Å². The fourth-order valence-corrected chi connectivity index (χ4v) is 3.68. The number of carbonyl (C=O) groups is 4. The van der Waals surface area contributed by atoms with Crippen LogP contribution in [0.2, 0.25) is 0 Å². The minimum absolute atomic E-state index is 0.153. The van der Waals surface area contributed by atoms with Gasteiger partial charge in [0.2, 0.25) is 11.8 Å². The number of alkyl carbamates (subject to hydrolysis) is 1. The van der Waals surface area contributed by atoms with Gasteiger partial charge >= 0.3 is 12.1 Å². The van der Waals surface area contributed by atoms with Gasteiger partial charge in [0.1, 0.15) is 24.2 Å². The van der Waals surface area contributed by atoms with Crippen LogP contribution in [0.1, 0.15) is 70.2 Å². The van der Waals surface area contributed by atoms with Crippen molar-refractivity contribution in [3.05, 3.63) is 34.9 Å². The second kappa shape index (κ2) is 11.6. The van der Waals surface area contributed by atoms with Crippen LogP contribution in [0.4, 0.5) is 4.79 Å². The molecule has 0 saturated heterocycles. The summed E-state index contributed by atoms with van der Waals surface area (Å²) in [5, 5.41) is 5.31. The predicted molar refractivity (Wildman–Crippen MR) is 132 cm³/mol. The van der Waals surface area contributed by atoms with E-state index in [1.54, 1.807) is 25.7 Å². The monoisotopic (exact) mass is 489 g/mol. The maximum atomic E-state index is 13.9. The van der Waals surface area contributed by atoms with Crippen LogP contribution in [0.5, 0.6) is 0 Å². The standard InChI is InChI=1S/C26H39N3O6/c1-15(2)21(28-25(33)35-26(5,6)7)24(32)29(19-11-12-19)22(23(31)27-14-20(30)34-8)18-10-9-16(3)17(4)13-18/h9-10,13,15,19,21-22H,11-12,14H2,1-8H3,(H,27,31)(H,28,33). The number of methoxy groups -OCH3 is 1. The van der Waals surface area contributed by atoms with Crippen LogP contribution in [0.3, 0.4) is 0 Å². The summed E-state index contributed by atoms with van der Waals surface area (Å²) >= 11 is 0. The summed E-state index contributed by atoms with van der Waals surface area (Å²) in [6, 6.07) is 3.58. The lowest BCUT2D eigenvalue weighted by Crippen LogP contribution is -2.55. The fraction of sp³-hybridized carbons (Fsp3) is 0.615. The Kier molecular flexibility index (Phi) is 9.29. The summed E-state index contributed by atoms with van der Waals surface area (Å²) in [6.07, 6.45) is 0.793. The molecule has 2 atom stereocenters. The first kappa shape index (κ1) is 28.1. The number of aryl methyl sites for hydroxylation is 2. The van der Waals surface area contributed by atoms with Gasteiger partial charge in [0.15, 0.2) is 0 Å². The predicted octanol–water partition coefficient (Wildman–Crippen LogP) is 3.17. The molecule has 35 heavy (non-hydrogen) atoms. The van der Waals surface area contributed by atoms with Crippen LogP contribution < -0.4 is 10.6 Å². The fourth-order valence-electron chi connectivity index (χ4n) is 3.68. The van der Waals surface area contributed by atoms with Crippen LogP contribution in [-0.2, 0) is 23.9 Å². The van der Waals surface area contributed by atoms with E-state index < -0.39 is 35.7 Å². The van der Waals surface area contributed by atoms with Crippen LogP contribution >= 0.6 is 0 Å². The first-order valence-corrected chi connectivity index (χ1v) is 12.0. The van der Waals surface area contributed by atoms with Crippen molar-refractivity contribution in [3.8, 4) is 0 Å². The quantitative estimate of drug-likeness (QED) is 0.515. The van der Waals surface area contributed by atoms with Gasteiger partial charge in [0, 0.05) is 6.04 Å². The zero-order valence-corrected chi connectivity index (χ0v) is 22.1.